The molecule has 1 aromatic heterocycles. The molecule has 0 fully saturated rings. The third-order valence-corrected chi connectivity index (χ3v) is 2.94. The quantitative estimate of drug-likeness (QED) is 0.654. The second-order valence-electron chi connectivity index (χ2n) is 4.93. The molecule has 1 heterocycles. The lowest BCUT2D eigenvalue weighted by Crippen LogP contribution is -2.24. The number of aromatic amines is 1. The first-order valence-electron chi connectivity index (χ1n) is 6.72. The van der Waals surface area contributed by atoms with Gasteiger partial charge in [-0.25, -0.2) is 5.43 Å². The number of aromatic nitrogens is 1. The number of hydrazone groups is 1. The molecule has 0 aliphatic rings. The summed E-state index contributed by atoms with van der Waals surface area (Å²) in [5.74, 6) is 0.379. The molecule has 0 saturated carbocycles. The monoisotopic (exact) mass is 285 g/mol. The maximum Gasteiger partial charge on any atom is 0.277 e. The number of H-pyrrole nitrogens is 1. The van der Waals surface area contributed by atoms with Crippen LogP contribution in [0.3, 0.4) is 0 Å². The Balaban J connectivity index is 1.81. The zero-order chi connectivity index (χ0) is 15.2. The fraction of sp³-hybridized carbons (Fsp3) is 0.250. The van der Waals surface area contributed by atoms with Crippen LogP contribution in [0.5, 0.6) is 5.75 Å². The minimum Gasteiger partial charge on any atom is -0.484 e. The molecule has 0 bridgehead atoms. The summed E-state index contributed by atoms with van der Waals surface area (Å²) in [7, 11) is 0. The number of carbonyl (C=O) groups excluding carboxylic acids is 1. The van der Waals surface area contributed by atoms with E-state index < -0.39 is 0 Å². The second-order valence-corrected chi connectivity index (χ2v) is 4.93. The summed E-state index contributed by atoms with van der Waals surface area (Å²) < 4.78 is 5.39. The Bertz CT molecular complexity index is 659. The van der Waals surface area contributed by atoms with E-state index in [9.17, 15) is 4.79 Å². The van der Waals surface area contributed by atoms with Crippen LogP contribution in [0.25, 0.3) is 0 Å². The highest BCUT2D eigenvalue weighted by Crippen LogP contribution is 2.11. The van der Waals surface area contributed by atoms with Crippen molar-refractivity contribution in [1.82, 2.24) is 10.4 Å². The predicted octanol–water partition coefficient (Wildman–Crippen LogP) is 2.47. The van der Waals surface area contributed by atoms with E-state index in [2.05, 4.69) is 15.5 Å². The molecule has 110 valence electrons. The Morgan fingerprint density at radius 3 is 2.81 bits per heavy atom. The minimum absolute atomic E-state index is 0.0636. The number of nitrogens with one attached hydrogen (secondary N) is 2. The smallest absolute Gasteiger partial charge is 0.277 e. The van der Waals surface area contributed by atoms with Gasteiger partial charge in [-0.2, -0.15) is 5.10 Å². The summed E-state index contributed by atoms with van der Waals surface area (Å²) in [6.45, 7) is 5.83. The van der Waals surface area contributed by atoms with E-state index in [0.717, 1.165) is 22.5 Å². The van der Waals surface area contributed by atoms with Gasteiger partial charge in [-0.05, 0) is 44.5 Å². The highest BCUT2D eigenvalue weighted by atomic mass is 16.5. The molecule has 2 N–H and O–H groups in total. The van der Waals surface area contributed by atoms with Gasteiger partial charge in [0.2, 0.25) is 0 Å². The van der Waals surface area contributed by atoms with Crippen LogP contribution in [0.1, 0.15) is 22.5 Å². The lowest BCUT2D eigenvalue weighted by molar-refractivity contribution is -0.123. The molecule has 0 unspecified atom stereocenters. The third kappa shape index (κ3) is 4.49. The molecular weight excluding hydrogens is 266 g/mol. The van der Waals surface area contributed by atoms with Crippen LogP contribution in [-0.2, 0) is 4.79 Å². The lowest BCUT2D eigenvalue weighted by Gasteiger charge is -2.05. The van der Waals surface area contributed by atoms with Crippen molar-refractivity contribution in [3.05, 3.63) is 52.8 Å². The minimum atomic E-state index is -0.294. The number of amides is 1. The van der Waals surface area contributed by atoms with Crippen molar-refractivity contribution in [2.75, 3.05) is 6.61 Å². The van der Waals surface area contributed by atoms with Gasteiger partial charge in [0, 0.05) is 17.0 Å². The van der Waals surface area contributed by atoms with E-state index in [4.69, 9.17) is 4.74 Å². The number of hydrogen-bond acceptors (Lipinski definition) is 3. The number of aryl methyl sites for hydroxylation is 3. The molecule has 0 aliphatic heterocycles. The maximum atomic E-state index is 11.6. The van der Waals surface area contributed by atoms with Crippen molar-refractivity contribution in [2.45, 2.75) is 20.8 Å². The third-order valence-electron chi connectivity index (χ3n) is 2.94. The highest BCUT2D eigenvalue weighted by molar-refractivity contribution is 5.84. The number of hydrogen-bond donors (Lipinski definition) is 2. The van der Waals surface area contributed by atoms with Crippen LogP contribution < -0.4 is 10.2 Å². The number of carbonyl (C=O) groups is 1. The lowest BCUT2D eigenvalue weighted by atomic mass is 10.2. The van der Waals surface area contributed by atoms with Gasteiger partial charge >= 0.3 is 0 Å². The number of benzene rings is 1. The standard InChI is InChI=1S/C16H19N3O2/c1-11-5-4-6-15(7-11)21-10-16(20)19-17-9-14-8-12(2)18-13(14)3/h4-9,18H,10H2,1-3H3,(H,19,20)/b17-9+. The van der Waals surface area contributed by atoms with Crippen molar-refractivity contribution < 1.29 is 9.53 Å². The molecule has 1 amide bonds. The first kappa shape index (κ1) is 14.8. The normalized spacial score (nSPS) is 10.8. The average molecular weight is 285 g/mol. The van der Waals surface area contributed by atoms with E-state index in [1.54, 1.807) is 6.21 Å². The first-order chi connectivity index (χ1) is 10.0. The van der Waals surface area contributed by atoms with E-state index in [1.165, 1.54) is 0 Å². The molecule has 2 aromatic rings. The largest absolute Gasteiger partial charge is 0.484 e. The Kier molecular flexibility index (Phi) is 4.77. The molecule has 0 spiro atoms. The van der Waals surface area contributed by atoms with Crippen LogP contribution in [-0.4, -0.2) is 23.7 Å². The van der Waals surface area contributed by atoms with Gasteiger partial charge in [-0.15, -0.1) is 0 Å². The van der Waals surface area contributed by atoms with Crippen LogP contribution >= 0.6 is 0 Å². The number of rotatable bonds is 5. The maximum absolute atomic E-state index is 11.6. The molecule has 21 heavy (non-hydrogen) atoms. The summed E-state index contributed by atoms with van der Waals surface area (Å²) in [4.78, 5) is 14.8. The Hall–Kier alpha value is -2.56. The van der Waals surface area contributed by atoms with Crippen LogP contribution in [0.2, 0.25) is 0 Å². The zero-order valence-electron chi connectivity index (χ0n) is 12.4. The Morgan fingerprint density at radius 2 is 2.14 bits per heavy atom. The molecular formula is C16H19N3O2. The Labute approximate surface area is 124 Å². The second kappa shape index (κ2) is 6.74. The fourth-order valence-electron chi connectivity index (χ4n) is 1.94. The van der Waals surface area contributed by atoms with Gasteiger partial charge < -0.3 is 9.72 Å². The van der Waals surface area contributed by atoms with Crippen LogP contribution in [0, 0.1) is 20.8 Å². The van der Waals surface area contributed by atoms with Gasteiger partial charge in [0.05, 0.1) is 6.21 Å². The van der Waals surface area contributed by atoms with Crippen LogP contribution in [0.15, 0.2) is 35.4 Å². The molecule has 1 aromatic carbocycles. The molecule has 0 radical (unpaired) electrons. The summed E-state index contributed by atoms with van der Waals surface area (Å²) in [5, 5.41) is 3.92. The van der Waals surface area contributed by atoms with Crippen molar-refractivity contribution in [3.63, 3.8) is 0 Å². The van der Waals surface area contributed by atoms with Gasteiger partial charge in [0.25, 0.3) is 5.91 Å². The Morgan fingerprint density at radius 1 is 1.33 bits per heavy atom. The number of ether oxygens (including phenoxy) is 1. The predicted molar refractivity (Wildman–Crippen MR) is 82.7 cm³/mol. The van der Waals surface area contributed by atoms with E-state index in [-0.39, 0.29) is 12.5 Å². The summed E-state index contributed by atoms with van der Waals surface area (Å²) in [6, 6.07) is 9.52. The SMILES string of the molecule is Cc1cccc(OCC(=O)N/N=C/c2cc(C)[nH]c2C)c1. The molecule has 5 heteroatoms. The zero-order valence-corrected chi connectivity index (χ0v) is 12.4. The van der Waals surface area contributed by atoms with E-state index in [0.29, 0.717) is 5.75 Å². The van der Waals surface area contributed by atoms with E-state index >= 15 is 0 Å². The topological polar surface area (TPSA) is 66.5 Å². The number of nitrogens with zero attached hydrogens (tertiary/aromatic N) is 1. The first-order valence-corrected chi connectivity index (χ1v) is 6.72. The summed E-state index contributed by atoms with van der Waals surface area (Å²) in [6.07, 6.45) is 1.61. The van der Waals surface area contributed by atoms with Gasteiger partial charge in [-0.1, -0.05) is 12.1 Å². The molecule has 0 atom stereocenters. The van der Waals surface area contributed by atoms with Gasteiger partial charge in [0.15, 0.2) is 6.61 Å². The summed E-state index contributed by atoms with van der Waals surface area (Å²) in [5.41, 5.74) is 6.56. The fourth-order valence-corrected chi connectivity index (χ4v) is 1.94. The van der Waals surface area contributed by atoms with Crippen LogP contribution in [0.4, 0.5) is 0 Å². The van der Waals surface area contributed by atoms with Crippen molar-refractivity contribution >= 4 is 12.1 Å². The average Bonchev–Trinajstić information content (AvgIpc) is 2.75. The molecule has 2 rings (SSSR count). The van der Waals surface area contributed by atoms with Crippen molar-refractivity contribution in [3.8, 4) is 5.75 Å². The van der Waals surface area contributed by atoms with Gasteiger partial charge in [0.1, 0.15) is 5.75 Å². The molecule has 0 saturated heterocycles. The highest BCUT2D eigenvalue weighted by Gasteiger charge is 2.02. The van der Waals surface area contributed by atoms with Crippen molar-refractivity contribution in [1.29, 1.82) is 0 Å². The van der Waals surface area contributed by atoms with Crippen molar-refractivity contribution in [2.24, 2.45) is 5.10 Å². The molecule has 0 aliphatic carbocycles. The van der Waals surface area contributed by atoms with Gasteiger partial charge in [-0.3, -0.25) is 4.79 Å². The molecule has 5 nitrogen and oxygen atoms in total. The van der Waals surface area contributed by atoms with E-state index in [1.807, 2.05) is 51.1 Å². The summed E-state index contributed by atoms with van der Waals surface area (Å²) >= 11 is 0.